The van der Waals surface area contributed by atoms with Gasteiger partial charge in [0.25, 0.3) is 0 Å². The van der Waals surface area contributed by atoms with E-state index in [1.807, 2.05) is 0 Å². The molecule has 21 heavy (non-hydrogen) atoms. The van der Waals surface area contributed by atoms with Gasteiger partial charge in [-0.1, -0.05) is 36.4 Å². The molecule has 1 atom stereocenters. The number of fused-ring (bicyclic) bond motifs is 2. The molecule has 0 spiro atoms. The van der Waals surface area contributed by atoms with Gasteiger partial charge in [-0.3, -0.25) is 0 Å². The molecule has 106 valence electrons. The van der Waals surface area contributed by atoms with Crippen LogP contribution in [0.4, 0.5) is 0 Å². The molecule has 0 saturated carbocycles. The van der Waals surface area contributed by atoms with E-state index in [0.717, 1.165) is 8.19 Å². The molecule has 0 fully saturated rings. The maximum Gasteiger partial charge on any atom is -0.00183 e. The van der Waals surface area contributed by atoms with E-state index in [-0.39, 0.29) is 0 Å². The third-order valence-electron chi connectivity index (χ3n) is 3.01. The van der Waals surface area contributed by atoms with Crippen LogP contribution in [-0.2, 0) is 20.8 Å². The Labute approximate surface area is 145 Å². The fourth-order valence-electron chi connectivity index (χ4n) is 2.06. The average molecular weight is 411 g/mol. The van der Waals surface area contributed by atoms with Gasteiger partial charge in [-0.25, -0.2) is 0 Å². The minimum atomic E-state index is -0.826. The van der Waals surface area contributed by atoms with E-state index in [9.17, 15) is 0 Å². The molecule has 0 amide bonds. The van der Waals surface area contributed by atoms with Gasteiger partial charge in [-0.2, -0.15) is 17.5 Å². The summed E-state index contributed by atoms with van der Waals surface area (Å²) in [6, 6.07) is 25.4. The van der Waals surface area contributed by atoms with Crippen LogP contribution >= 0.6 is 25.2 Å². The Morgan fingerprint density at radius 2 is 1.48 bits per heavy atom. The zero-order valence-electron chi connectivity index (χ0n) is 11.3. The van der Waals surface area contributed by atoms with Gasteiger partial charge in [-0.05, 0) is 16.3 Å². The average Bonchev–Trinajstić information content (AvgIpc) is 3.17. The third kappa shape index (κ3) is 5.35. The smallest absolute Gasteiger partial charge is 0.00183 e. The van der Waals surface area contributed by atoms with Crippen molar-refractivity contribution in [3.63, 3.8) is 0 Å². The summed E-state index contributed by atoms with van der Waals surface area (Å²) in [5, 5.41) is 5.54. The maximum atomic E-state index is 4.93. The molecule has 0 radical (unpaired) electrons. The fraction of sp³-hybridized carbons (Fsp3) is 0. The molecule has 4 heteroatoms. The third-order valence-corrected chi connectivity index (χ3v) is 4.11. The molecular formula is C17H14Cl2PZr-. The van der Waals surface area contributed by atoms with Crippen LogP contribution in [-0.4, -0.2) is 0 Å². The van der Waals surface area contributed by atoms with Gasteiger partial charge in [0, 0.05) is 0 Å². The Bertz CT molecular complexity index is 650. The van der Waals surface area contributed by atoms with Gasteiger partial charge < -0.3 is 0 Å². The van der Waals surface area contributed by atoms with Crippen molar-refractivity contribution in [3.8, 4) is 0 Å². The first-order chi connectivity index (χ1) is 10.3. The van der Waals surface area contributed by atoms with Crippen molar-refractivity contribution >= 4 is 46.5 Å². The van der Waals surface area contributed by atoms with E-state index in [0.29, 0.717) is 0 Å². The molecule has 4 aromatic rings. The fourth-order valence-corrected chi connectivity index (χ4v) is 3.03. The minimum absolute atomic E-state index is 0.826. The molecule has 0 saturated heterocycles. The van der Waals surface area contributed by atoms with E-state index in [2.05, 4.69) is 78.6 Å². The van der Waals surface area contributed by atoms with Crippen molar-refractivity contribution in [3.05, 3.63) is 78.6 Å². The quantitative estimate of drug-likeness (QED) is 0.279. The second-order valence-corrected chi connectivity index (χ2v) is 9.18. The van der Waals surface area contributed by atoms with Crippen LogP contribution in [0.25, 0.3) is 21.3 Å². The van der Waals surface area contributed by atoms with Crippen molar-refractivity contribution < 1.29 is 20.8 Å². The summed E-state index contributed by atoms with van der Waals surface area (Å²) in [6.07, 6.45) is 0. The first-order valence-electron chi connectivity index (χ1n) is 6.44. The Morgan fingerprint density at radius 3 is 2.19 bits per heavy atom. The van der Waals surface area contributed by atoms with Crippen LogP contribution in [0.2, 0.25) is 0 Å². The summed E-state index contributed by atoms with van der Waals surface area (Å²) in [7, 11) is 10.8. The molecule has 0 N–H and O–H groups in total. The van der Waals surface area contributed by atoms with Gasteiger partial charge in [0.1, 0.15) is 0 Å². The van der Waals surface area contributed by atoms with Crippen LogP contribution < -0.4 is 0 Å². The molecule has 3 aromatic carbocycles. The van der Waals surface area contributed by atoms with E-state index in [1.54, 1.807) is 0 Å². The number of hydrogen-bond donors (Lipinski definition) is 0. The van der Waals surface area contributed by atoms with Crippen molar-refractivity contribution in [1.82, 2.24) is 0 Å². The van der Waals surface area contributed by atoms with Crippen molar-refractivity contribution in [2.24, 2.45) is 0 Å². The van der Waals surface area contributed by atoms with E-state index < -0.39 is 20.8 Å². The molecule has 0 nitrogen and oxygen atoms in total. The summed E-state index contributed by atoms with van der Waals surface area (Å²) in [6.45, 7) is 0. The topological polar surface area (TPSA) is 0 Å². The number of benzene rings is 2. The molecular weight excluding hydrogens is 397 g/mol. The molecule has 4 rings (SSSR count). The van der Waals surface area contributed by atoms with Crippen LogP contribution in [0.5, 0.6) is 0 Å². The zero-order chi connectivity index (χ0) is 14.9. The monoisotopic (exact) mass is 409 g/mol. The summed E-state index contributed by atoms with van der Waals surface area (Å²) in [4.78, 5) is 0. The summed E-state index contributed by atoms with van der Waals surface area (Å²) < 4.78 is 0. The van der Waals surface area contributed by atoms with Crippen molar-refractivity contribution in [2.75, 3.05) is 0 Å². The number of rotatable bonds is 0. The second-order valence-electron chi connectivity index (χ2n) is 4.29. The van der Waals surface area contributed by atoms with Crippen LogP contribution in [0, 0.1) is 0 Å². The first-order valence-corrected chi connectivity index (χ1v) is 13.8. The molecule has 0 bridgehead atoms. The zero-order valence-corrected chi connectivity index (χ0v) is 16.2. The molecule has 0 aliphatic rings. The van der Waals surface area contributed by atoms with Crippen molar-refractivity contribution in [1.29, 1.82) is 0 Å². The molecule has 0 aliphatic heterocycles. The molecule has 1 aromatic heterocycles. The van der Waals surface area contributed by atoms with Gasteiger partial charge in [0.15, 0.2) is 0 Å². The Balaban J connectivity index is 0.000000130. The minimum Gasteiger partial charge on any atom is -0.168 e. The summed E-state index contributed by atoms with van der Waals surface area (Å²) in [5.74, 6) is 2.23. The largest absolute Gasteiger partial charge is 0.168 e. The van der Waals surface area contributed by atoms with E-state index >= 15 is 0 Å². The van der Waals surface area contributed by atoms with Crippen LogP contribution in [0.15, 0.2) is 78.6 Å². The van der Waals surface area contributed by atoms with Gasteiger partial charge in [0.2, 0.25) is 0 Å². The molecule has 1 heterocycles. The van der Waals surface area contributed by atoms with E-state index in [1.165, 1.54) is 21.3 Å². The Morgan fingerprint density at radius 1 is 0.810 bits per heavy atom. The second kappa shape index (κ2) is 9.55. The maximum absolute atomic E-state index is 4.93. The summed E-state index contributed by atoms with van der Waals surface area (Å²) in [5.41, 5.74) is 0. The van der Waals surface area contributed by atoms with Crippen molar-refractivity contribution in [2.45, 2.75) is 0 Å². The van der Waals surface area contributed by atoms with Gasteiger partial charge >= 0.3 is 37.9 Å². The van der Waals surface area contributed by atoms with Crippen LogP contribution in [0.3, 0.4) is 0 Å². The number of halogens is 2. The Kier molecular flexibility index (Phi) is 7.69. The Hall–Kier alpha value is -0.447. The predicted molar refractivity (Wildman–Crippen MR) is 94.7 cm³/mol. The van der Waals surface area contributed by atoms with Gasteiger partial charge in [0.05, 0.1) is 0 Å². The van der Waals surface area contributed by atoms with E-state index in [4.69, 9.17) is 17.0 Å². The number of hydrogen-bond acceptors (Lipinski definition) is 0. The SMILES string of the molecule is [Cl][Zr][Cl].c1ccc2[cH-]ccc2c1.c1ccc2[pH]ccc2c1. The van der Waals surface area contributed by atoms with Gasteiger partial charge in [-0.15, -0.1) is 37.8 Å². The standard InChI is InChI=1S/C9H7.C8H7P.2ClH.Zr/c1-2-5-9-7-3-6-8(9)4-1;1-2-4-8-7(3-1)5-6-9-8;;;/h1-7H;1-6,9H;2*1H;/q-1;;;;+2/p-2. The first kappa shape index (κ1) is 16.9. The normalized spacial score (nSPS) is 9.81. The predicted octanol–water partition coefficient (Wildman–Crippen LogP) is 6.81. The molecule has 0 aliphatic carbocycles. The summed E-state index contributed by atoms with van der Waals surface area (Å²) >= 11 is -0.826. The van der Waals surface area contributed by atoms with Crippen LogP contribution in [0.1, 0.15) is 0 Å². The molecule has 1 unspecified atom stereocenters.